The number of carbonyl (C=O) groups excluding carboxylic acids is 2. The van der Waals surface area contributed by atoms with Gasteiger partial charge in [0.15, 0.2) is 0 Å². The highest BCUT2D eigenvalue weighted by Crippen LogP contribution is 2.39. The van der Waals surface area contributed by atoms with Crippen molar-refractivity contribution in [1.29, 1.82) is 0 Å². The number of benzene rings is 2. The fourth-order valence-electron chi connectivity index (χ4n) is 2.87. The van der Waals surface area contributed by atoms with Crippen LogP contribution in [0, 0.1) is 0 Å². The summed E-state index contributed by atoms with van der Waals surface area (Å²) in [6, 6.07) is 14.6. The van der Waals surface area contributed by atoms with Gasteiger partial charge >= 0.3 is 12.0 Å². The van der Waals surface area contributed by atoms with Crippen LogP contribution in [0.2, 0.25) is 0 Å². The Kier molecular flexibility index (Phi) is 5.83. The van der Waals surface area contributed by atoms with Gasteiger partial charge in [0.2, 0.25) is 0 Å². The quantitative estimate of drug-likeness (QED) is 0.787. The maximum atomic E-state index is 13.0. The molecule has 0 aromatic heterocycles. The Morgan fingerprint density at radius 1 is 1.15 bits per heavy atom. The molecule has 26 heavy (non-hydrogen) atoms. The lowest BCUT2D eigenvalue weighted by Crippen LogP contribution is -2.42. The molecular formula is C20H22N2O3S. The van der Waals surface area contributed by atoms with Crippen LogP contribution >= 0.6 is 11.8 Å². The predicted octanol–water partition coefficient (Wildman–Crippen LogP) is 4.79. The van der Waals surface area contributed by atoms with E-state index < -0.39 is 5.97 Å². The molecule has 0 bridgehead atoms. The van der Waals surface area contributed by atoms with Crippen molar-refractivity contribution >= 4 is 35.1 Å². The Bertz CT molecular complexity index is 809. The zero-order valence-electron chi connectivity index (χ0n) is 14.9. The number of anilines is 2. The third kappa shape index (κ3) is 3.85. The monoisotopic (exact) mass is 370 g/mol. The number of rotatable bonds is 4. The minimum absolute atomic E-state index is 0.243. The number of nitrogens with zero attached hydrogens (tertiary/aromatic N) is 1. The van der Waals surface area contributed by atoms with Crippen LogP contribution in [0.25, 0.3) is 0 Å². The lowest BCUT2D eigenvalue weighted by atomic mass is 10.2. The molecule has 0 saturated carbocycles. The maximum Gasteiger partial charge on any atom is 0.340 e. The van der Waals surface area contributed by atoms with Gasteiger partial charge in [0, 0.05) is 16.7 Å². The van der Waals surface area contributed by atoms with Crippen molar-refractivity contribution in [2.24, 2.45) is 0 Å². The van der Waals surface area contributed by atoms with Crippen molar-refractivity contribution < 1.29 is 14.3 Å². The SMILES string of the molecule is CCOC(=O)c1ccccc1NC(=O)N1C[C@@H](CC)Sc2ccccc21. The van der Waals surface area contributed by atoms with Crippen molar-refractivity contribution in [3.8, 4) is 0 Å². The lowest BCUT2D eigenvalue weighted by molar-refractivity contribution is 0.0527. The smallest absolute Gasteiger partial charge is 0.340 e. The zero-order chi connectivity index (χ0) is 18.5. The number of hydrogen-bond donors (Lipinski definition) is 1. The summed E-state index contributed by atoms with van der Waals surface area (Å²) in [6.45, 7) is 4.80. The van der Waals surface area contributed by atoms with Crippen LogP contribution in [-0.2, 0) is 4.74 Å². The van der Waals surface area contributed by atoms with E-state index in [1.54, 1.807) is 47.9 Å². The molecule has 0 fully saturated rings. The summed E-state index contributed by atoms with van der Waals surface area (Å²) in [5, 5.41) is 3.23. The third-order valence-electron chi connectivity index (χ3n) is 4.20. The molecule has 0 radical (unpaired) electrons. The average Bonchev–Trinajstić information content (AvgIpc) is 2.67. The number of ether oxygens (including phenoxy) is 1. The largest absolute Gasteiger partial charge is 0.462 e. The molecule has 0 spiro atoms. The number of amides is 2. The van der Waals surface area contributed by atoms with Gasteiger partial charge < -0.3 is 10.1 Å². The number of esters is 1. The topological polar surface area (TPSA) is 58.6 Å². The van der Waals surface area contributed by atoms with Crippen molar-refractivity contribution in [3.05, 3.63) is 54.1 Å². The predicted molar refractivity (Wildman–Crippen MR) is 105 cm³/mol. The van der Waals surface area contributed by atoms with Crippen molar-refractivity contribution in [3.63, 3.8) is 0 Å². The van der Waals surface area contributed by atoms with Crippen LogP contribution < -0.4 is 10.2 Å². The summed E-state index contributed by atoms with van der Waals surface area (Å²) in [4.78, 5) is 28.0. The van der Waals surface area contributed by atoms with E-state index in [9.17, 15) is 9.59 Å². The number of thioether (sulfide) groups is 1. The summed E-state index contributed by atoms with van der Waals surface area (Å²) in [6.07, 6.45) is 0.974. The second-order valence-electron chi connectivity index (χ2n) is 5.92. The molecule has 3 rings (SSSR count). The van der Waals surface area contributed by atoms with Gasteiger partial charge in [-0.05, 0) is 37.6 Å². The summed E-state index contributed by atoms with van der Waals surface area (Å²) in [5.41, 5.74) is 1.71. The van der Waals surface area contributed by atoms with Crippen LogP contribution in [0.4, 0.5) is 16.2 Å². The van der Waals surface area contributed by atoms with E-state index in [-0.39, 0.29) is 12.6 Å². The molecular weight excluding hydrogens is 348 g/mol. The fourth-order valence-corrected chi connectivity index (χ4v) is 4.07. The normalized spacial score (nSPS) is 15.9. The van der Waals surface area contributed by atoms with E-state index in [1.165, 1.54) is 0 Å². The number of urea groups is 1. The molecule has 2 amide bonds. The first-order chi connectivity index (χ1) is 12.6. The first-order valence-electron chi connectivity index (χ1n) is 8.74. The van der Waals surface area contributed by atoms with E-state index in [0.29, 0.717) is 23.0 Å². The molecule has 0 aliphatic carbocycles. The van der Waals surface area contributed by atoms with Gasteiger partial charge in [0.05, 0.1) is 23.5 Å². The van der Waals surface area contributed by atoms with E-state index in [4.69, 9.17) is 4.74 Å². The van der Waals surface area contributed by atoms with E-state index in [2.05, 4.69) is 12.2 Å². The van der Waals surface area contributed by atoms with Crippen LogP contribution in [0.15, 0.2) is 53.4 Å². The molecule has 1 N–H and O–H groups in total. The van der Waals surface area contributed by atoms with Crippen LogP contribution in [-0.4, -0.2) is 30.4 Å². The van der Waals surface area contributed by atoms with E-state index in [1.807, 2.05) is 24.3 Å². The maximum absolute atomic E-state index is 13.0. The molecule has 0 saturated heterocycles. The van der Waals surface area contributed by atoms with Crippen LogP contribution in [0.3, 0.4) is 0 Å². The number of fused-ring (bicyclic) bond motifs is 1. The Balaban J connectivity index is 1.86. The molecule has 2 aromatic rings. The lowest BCUT2D eigenvalue weighted by Gasteiger charge is -2.33. The minimum atomic E-state index is -0.440. The van der Waals surface area contributed by atoms with Crippen molar-refractivity contribution in [2.45, 2.75) is 30.4 Å². The zero-order valence-corrected chi connectivity index (χ0v) is 15.7. The highest BCUT2D eigenvalue weighted by Gasteiger charge is 2.28. The van der Waals surface area contributed by atoms with E-state index in [0.717, 1.165) is 17.0 Å². The molecule has 1 heterocycles. The molecule has 1 atom stereocenters. The third-order valence-corrected chi connectivity index (χ3v) is 5.62. The molecule has 6 heteroatoms. The second kappa shape index (κ2) is 8.27. The highest BCUT2D eigenvalue weighted by molar-refractivity contribution is 8.00. The summed E-state index contributed by atoms with van der Waals surface area (Å²) >= 11 is 1.80. The molecule has 2 aromatic carbocycles. The second-order valence-corrected chi connectivity index (χ2v) is 7.26. The van der Waals surface area contributed by atoms with Crippen molar-refractivity contribution in [2.75, 3.05) is 23.4 Å². The van der Waals surface area contributed by atoms with Gasteiger partial charge in [0.1, 0.15) is 0 Å². The fraction of sp³-hybridized carbons (Fsp3) is 0.300. The minimum Gasteiger partial charge on any atom is -0.462 e. The standard InChI is InChI=1S/C20H22N2O3S/c1-3-14-13-22(17-11-7-8-12-18(17)26-14)20(24)21-16-10-6-5-9-15(16)19(23)25-4-2/h5-12,14H,3-4,13H2,1-2H3,(H,21,24)/t14-/m1/s1. The molecule has 5 nitrogen and oxygen atoms in total. The van der Waals surface area contributed by atoms with Gasteiger partial charge in [-0.2, -0.15) is 0 Å². The number of carbonyl (C=O) groups is 2. The summed E-state index contributed by atoms with van der Waals surface area (Å²) in [7, 11) is 0. The average molecular weight is 370 g/mol. The first kappa shape index (κ1) is 18.3. The highest BCUT2D eigenvalue weighted by atomic mass is 32.2. The van der Waals surface area contributed by atoms with E-state index >= 15 is 0 Å². The Labute approximate surface area is 157 Å². The van der Waals surface area contributed by atoms with Crippen molar-refractivity contribution in [1.82, 2.24) is 0 Å². The van der Waals surface area contributed by atoms with Gasteiger partial charge in [-0.1, -0.05) is 31.2 Å². The Hall–Kier alpha value is -2.47. The summed E-state index contributed by atoms with van der Waals surface area (Å²) in [5.74, 6) is -0.440. The first-order valence-corrected chi connectivity index (χ1v) is 9.62. The van der Waals surface area contributed by atoms with Gasteiger partial charge in [-0.15, -0.1) is 11.8 Å². The summed E-state index contributed by atoms with van der Waals surface area (Å²) < 4.78 is 5.08. The van der Waals surface area contributed by atoms with Crippen LogP contribution in [0.1, 0.15) is 30.6 Å². The number of nitrogens with one attached hydrogen (secondary N) is 1. The Morgan fingerprint density at radius 3 is 2.65 bits per heavy atom. The van der Waals surface area contributed by atoms with Gasteiger partial charge in [-0.25, -0.2) is 9.59 Å². The number of hydrogen-bond acceptors (Lipinski definition) is 4. The molecule has 1 aliphatic rings. The van der Waals surface area contributed by atoms with Gasteiger partial charge in [-0.3, -0.25) is 4.90 Å². The molecule has 136 valence electrons. The number of para-hydroxylation sites is 2. The molecule has 1 aliphatic heterocycles. The molecule has 0 unspecified atom stereocenters. The van der Waals surface area contributed by atoms with Crippen LogP contribution in [0.5, 0.6) is 0 Å². The van der Waals surface area contributed by atoms with Gasteiger partial charge in [0.25, 0.3) is 0 Å². The Morgan fingerprint density at radius 2 is 1.88 bits per heavy atom.